The minimum atomic E-state index is 0.420. The van der Waals surface area contributed by atoms with Crippen molar-refractivity contribution in [1.82, 2.24) is 4.98 Å². The Morgan fingerprint density at radius 1 is 1.57 bits per heavy atom. The van der Waals surface area contributed by atoms with Crippen LogP contribution in [0.4, 0.5) is 5.13 Å². The van der Waals surface area contributed by atoms with Crippen LogP contribution in [-0.4, -0.2) is 17.6 Å². The van der Waals surface area contributed by atoms with Crippen LogP contribution in [-0.2, 0) is 0 Å². The van der Waals surface area contributed by atoms with Crippen molar-refractivity contribution in [3.05, 3.63) is 11.6 Å². The molecule has 14 heavy (non-hydrogen) atoms. The molecule has 1 aliphatic rings. The lowest BCUT2D eigenvalue weighted by atomic mass is 9.98. The number of aromatic nitrogens is 1. The number of hydrogen-bond acceptors (Lipinski definition) is 4. The highest BCUT2D eigenvalue weighted by molar-refractivity contribution is 7.13. The molecule has 1 unspecified atom stereocenters. The van der Waals surface area contributed by atoms with Crippen molar-refractivity contribution in [3.63, 3.8) is 0 Å². The topological polar surface area (TPSA) is 50.9 Å². The van der Waals surface area contributed by atoms with Gasteiger partial charge in [0.25, 0.3) is 0 Å². The van der Waals surface area contributed by atoms with Crippen molar-refractivity contribution in [2.24, 2.45) is 11.7 Å². The molecule has 0 bridgehead atoms. The minimum Gasteiger partial charge on any atom is -0.357 e. The molecule has 2 rings (SSSR count). The lowest BCUT2D eigenvalue weighted by Crippen LogP contribution is -2.35. The third kappa shape index (κ3) is 2.25. The summed E-state index contributed by atoms with van der Waals surface area (Å²) in [5.41, 5.74) is 5.78. The monoisotopic (exact) mass is 211 g/mol. The molecular formula is C10H17N3S. The molecule has 4 heteroatoms. The third-order valence-electron chi connectivity index (χ3n) is 2.96. The van der Waals surface area contributed by atoms with Gasteiger partial charge < -0.3 is 11.1 Å². The number of nitrogens with two attached hydrogens (primary N) is 1. The summed E-state index contributed by atoms with van der Waals surface area (Å²) < 4.78 is 0. The Balaban J connectivity index is 1.92. The molecular weight excluding hydrogens is 194 g/mol. The second-order valence-corrected chi connectivity index (χ2v) is 4.76. The van der Waals surface area contributed by atoms with Gasteiger partial charge in [-0.05, 0) is 18.8 Å². The van der Waals surface area contributed by atoms with Gasteiger partial charge in [-0.15, -0.1) is 11.3 Å². The summed E-state index contributed by atoms with van der Waals surface area (Å²) in [5, 5.41) is 6.43. The lowest BCUT2D eigenvalue weighted by molar-refractivity contribution is 0.462. The van der Waals surface area contributed by atoms with Crippen molar-refractivity contribution in [2.75, 3.05) is 11.9 Å². The second kappa shape index (κ2) is 4.75. The molecule has 0 amide bonds. The van der Waals surface area contributed by atoms with Gasteiger partial charge in [0.1, 0.15) is 0 Å². The minimum absolute atomic E-state index is 0.420. The van der Waals surface area contributed by atoms with Gasteiger partial charge in [-0.25, -0.2) is 4.98 Å². The normalized spacial score (nSPS) is 19.8. The summed E-state index contributed by atoms with van der Waals surface area (Å²) in [7, 11) is 0. The molecule has 0 saturated heterocycles. The fourth-order valence-electron chi connectivity index (χ4n) is 2.18. The highest BCUT2D eigenvalue weighted by Crippen LogP contribution is 2.29. The summed E-state index contributed by atoms with van der Waals surface area (Å²) in [5.74, 6) is 0.754. The zero-order valence-corrected chi connectivity index (χ0v) is 9.09. The van der Waals surface area contributed by atoms with Gasteiger partial charge in [0.05, 0.1) is 0 Å². The van der Waals surface area contributed by atoms with Gasteiger partial charge >= 0.3 is 0 Å². The molecule has 1 aromatic heterocycles. The Hall–Kier alpha value is -0.610. The molecule has 3 N–H and O–H groups in total. The highest BCUT2D eigenvalue weighted by atomic mass is 32.1. The van der Waals surface area contributed by atoms with Crippen LogP contribution in [0.5, 0.6) is 0 Å². The number of anilines is 1. The van der Waals surface area contributed by atoms with Crippen molar-refractivity contribution < 1.29 is 0 Å². The summed E-state index contributed by atoms with van der Waals surface area (Å²) >= 11 is 1.65. The molecule has 0 aliphatic heterocycles. The summed E-state index contributed by atoms with van der Waals surface area (Å²) in [6.07, 6.45) is 7.19. The van der Waals surface area contributed by atoms with Crippen LogP contribution in [0.1, 0.15) is 25.7 Å². The van der Waals surface area contributed by atoms with E-state index in [0.717, 1.165) is 11.0 Å². The molecule has 0 aromatic carbocycles. The Kier molecular flexibility index (Phi) is 3.37. The van der Waals surface area contributed by atoms with E-state index in [-0.39, 0.29) is 0 Å². The Bertz CT molecular complexity index is 254. The number of rotatable bonds is 4. The largest absolute Gasteiger partial charge is 0.357 e. The molecule has 3 nitrogen and oxygen atoms in total. The van der Waals surface area contributed by atoms with Crippen molar-refractivity contribution in [2.45, 2.75) is 31.7 Å². The molecule has 1 aliphatic carbocycles. The smallest absolute Gasteiger partial charge is 0.182 e. The number of hydrogen-bond donors (Lipinski definition) is 2. The van der Waals surface area contributed by atoms with Crippen molar-refractivity contribution in [1.29, 1.82) is 0 Å². The molecule has 0 spiro atoms. The summed E-state index contributed by atoms with van der Waals surface area (Å²) in [6, 6.07) is 0.420. The van der Waals surface area contributed by atoms with E-state index in [2.05, 4.69) is 10.3 Å². The van der Waals surface area contributed by atoms with Gasteiger partial charge in [-0.3, -0.25) is 0 Å². The van der Waals surface area contributed by atoms with E-state index in [1.807, 2.05) is 11.6 Å². The van der Waals surface area contributed by atoms with Crippen LogP contribution in [0.3, 0.4) is 0 Å². The van der Waals surface area contributed by atoms with Gasteiger partial charge in [-0.2, -0.15) is 0 Å². The van der Waals surface area contributed by atoms with Crippen molar-refractivity contribution in [3.8, 4) is 0 Å². The first-order valence-corrected chi connectivity index (χ1v) is 6.14. The summed E-state index contributed by atoms with van der Waals surface area (Å²) in [6.45, 7) is 0.713. The first-order chi connectivity index (χ1) is 6.90. The average molecular weight is 211 g/mol. The van der Waals surface area contributed by atoms with Crippen LogP contribution in [0.2, 0.25) is 0 Å². The van der Waals surface area contributed by atoms with Gasteiger partial charge in [0.2, 0.25) is 0 Å². The SMILES string of the molecule is NCC(Nc1nccs1)C1CCCC1. The third-order valence-corrected chi connectivity index (χ3v) is 3.67. The molecule has 1 saturated carbocycles. The highest BCUT2D eigenvalue weighted by Gasteiger charge is 2.24. The Labute approximate surface area is 88.7 Å². The van der Waals surface area contributed by atoms with E-state index in [1.165, 1.54) is 25.7 Å². The van der Waals surface area contributed by atoms with Crippen LogP contribution in [0, 0.1) is 5.92 Å². The molecule has 1 heterocycles. The van der Waals surface area contributed by atoms with Crippen LogP contribution >= 0.6 is 11.3 Å². The number of nitrogens with zero attached hydrogens (tertiary/aromatic N) is 1. The van der Waals surface area contributed by atoms with Crippen LogP contribution < -0.4 is 11.1 Å². The van der Waals surface area contributed by atoms with E-state index in [9.17, 15) is 0 Å². The van der Waals surface area contributed by atoms with Crippen LogP contribution in [0.25, 0.3) is 0 Å². The number of nitrogens with one attached hydrogen (secondary N) is 1. The first kappa shape index (κ1) is 9.93. The summed E-state index contributed by atoms with van der Waals surface area (Å²) in [4.78, 5) is 4.23. The Morgan fingerprint density at radius 2 is 2.36 bits per heavy atom. The maximum absolute atomic E-state index is 5.78. The van der Waals surface area contributed by atoms with Gasteiger partial charge in [0, 0.05) is 24.2 Å². The van der Waals surface area contributed by atoms with E-state index in [4.69, 9.17) is 5.73 Å². The molecule has 1 atom stereocenters. The lowest BCUT2D eigenvalue weighted by Gasteiger charge is -2.22. The molecule has 78 valence electrons. The average Bonchev–Trinajstić information content (AvgIpc) is 2.86. The van der Waals surface area contributed by atoms with E-state index in [0.29, 0.717) is 12.6 Å². The fraction of sp³-hybridized carbons (Fsp3) is 0.700. The Morgan fingerprint density at radius 3 is 2.93 bits per heavy atom. The van der Waals surface area contributed by atoms with Crippen molar-refractivity contribution >= 4 is 16.5 Å². The zero-order chi connectivity index (χ0) is 9.80. The quantitative estimate of drug-likeness (QED) is 0.801. The maximum atomic E-state index is 5.78. The van der Waals surface area contributed by atoms with Gasteiger partial charge in [0.15, 0.2) is 5.13 Å². The van der Waals surface area contributed by atoms with Crippen LogP contribution in [0.15, 0.2) is 11.6 Å². The van der Waals surface area contributed by atoms with E-state index < -0.39 is 0 Å². The fourth-order valence-corrected chi connectivity index (χ4v) is 2.77. The molecule has 1 fully saturated rings. The number of thiazole rings is 1. The standard InChI is InChI=1S/C10H17N3S/c11-7-9(8-3-1-2-4-8)13-10-12-5-6-14-10/h5-6,8-9H,1-4,7,11H2,(H,12,13). The maximum Gasteiger partial charge on any atom is 0.182 e. The zero-order valence-electron chi connectivity index (χ0n) is 8.28. The van der Waals surface area contributed by atoms with Gasteiger partial charge in [-0.1, -0.05) is 12.8 Å². The van der Waals surface area contributed by atoms with E-state index >= 15 is 0 Å². The predicted molar refractivity (Wildman–Crippen MR) is 60.5 cm³/mol. The molecule has 1 aromatic rings. The molecule has 0 radical (unpaired) electrons. The predicted octanol–water partition coefficient (Wildman–Crippen LogP) is 2.07. The first-order valence-electron chi connectivity index (χ1n) is 5.26. The van der Waals surface area contributed by atoms with E-state index in [1.54, 1.807) is 11.3 Å². The second-order valence-electron chi connectivity index (χ2n) is 3.87.